The number of hydrogen-bond acceptors (Lipinski definition) is 3. The average Bonchev–Trinajstić information content (AvgIpc) is 3.00. The first-order chi connectivity index (χ1) is 11.6. The molecule has 0 spiro atoms. The lowest BCUT2D eigenvalue weighted by atomic mass is 9.90. The molecule has 1 heterocycles. The third-order valence-corrected chi connectivity index (χ3v) is 4.86. The molecule has 0 saturated carbocycles. The quantitative estimate of drug-likeness (QED) is 0.768. The molecule has 1 atom stereocenters. The lowest BCUT2D eigenvalue weighted by Crippen LogP contribution is -2.31. The highest BCUT2D eigenvalue weighted by Crippen LogP contribution is 2.34. The molecule has 0 N–H and O–H groups in total. The SMILES string of the molecule is N#CC1(COc2cc(Cl)ccc2Cl)CCN(Cc2ccccc2)C1. The molecule has 0 amide bonds. The largest absolute Gasteiger partial charge is 0.490 e. The number of rotatable bonds is 5. The van der Waals surface area contributed by atoms with Crippen LogP contribution in [0.15, 0.2) is 48.5 Å². The van der Waals surface area contributed by atoms with Gasteiger partial charge in [-0.15, -0.1) is 0 Å². The molecule has 24 heavy (non-hydrogen) atoms. The Balaban J connectivity index is 1.63. The van der Waals surface area contributed by atoms with Gasteiger partial charge in [-0.05, 0) is 24.1 Å². The summed E-state index contributed by atoms with van der Waals surface area (Å²) in [6.07, 6.45) is 0.786. The van der Waals surface area contributed by atoms with Crippen molar-refractivity contribution in [3.63, 3.8) is 0 Å². The second-order valence-corrected chi connectivity index (χ2v) is 7.05. The fraction of sp³-hybridized carbons (Fsp3) is 0.316. The third kappa shape index (κ3) is 4.02. The Bertz CT molecular complexity index is 745. The summed E-state index contributed by atoms with van der Waals surface area (Å²) in [7, 11) is 0. The number of likely N-dealkylation sites (tertiary alicyclic amines) is 1. The topological polar surface area (TPSA) is 36.3 Å². The van der Waals surface area contributed by atoms with Gasteiger partial charge in [-0.3, -0.25) is 4.90 Å². The first-order valence-electron chi connectivity index (χ1n) is 7.86. The van der Waals surface area contributed by atoms with Crippen LogP contribution in [-0.2, 0) is 6.54 Å². The van der Waals surface area contributed by atoms with E-state index in [4.69, 9.17) is 27.9 Å². The normalized spacial score (nSPS) is 20.7. The van der Waals surface area contributed by atoms with Crippen molar-refractivity contribution in [3.8, 4) is 11.8 Å². The number of benzene rings is 2. The van der Waals surface area contributed by atoms with Crippen molar-refractivity contribution in [1.82, 2.24) is 4.90 Å². The maximum Gasteiger partial charge on any atom is 0.139 e. The molecule has 3 nitrogen and oxygen atoms in total. The summed E-state index contributed by atoms with van der Waals surface area (Å²) in [5.74, 6) is 0.528. The van der Waals surface area contributed by atoms with E-state index in [-0.39, 0.29) is 0 Å². The molecule has 0 aromatic heterocycles. The summed E-state index contributed by atoms with van der Waals surface area (Å²) in [5.41, 5.74) is 0.741. The van der Waals surface area contributed by atoms with Gasteiger partial charge < -0.3 is 4.74 Å². The molecule has 1 saturated heterocycles. The van der Waals surface area contributed by atoms with E-state index in [2.05, 4.69) is 23.1 Å². The Hall–Kier alpha value is -1.73. The van der Waals surface area contributed by atoms with Gasteiger partial charge in [0.1, 0.15) is 17.8 Å². The van der Waals surface area contributed by atoms with Gasteiger partial charge in [0.25, 0.3) is 0 Å². The Kier molecular flexibility index (Phi) is 5.30. The van der Waals surface area contributed by atoms with Gasteiger partial charge in [0.15, 0.2) is 0 Å². The predicted molar refractivity (Wildman–Crippen MR) is 96.3 cm³/mol. The Morgan fingerprint density at radius 3 is 2.71 bits per heavy atom. The van der Waals surface area contributed by atoms with Crippen molar-refractivity contribution in [1.29, 1.82) is 5.26 Å². The van der Waals surface area contributed by atoms with E-state index in [9.17, 15) is 5.26 Å². The standard InChI is InChI=1S/C19H18Cl2N2O/c20-16-6-7-17(21)18(10-16)24-14-19(12-22)8-9-23(13-19)11-15-4-2-1-3-5-15/h1-7,10H,8-9,11,13-14H2. The van der Waals surface area contributed by atoms with E-state index < -0.39 is 5.41 Å². The minimum absolute atomic E-state index is 0.314. The highest BCUT2D eigenvalue weighted by atomic mass is 35.5. The van der Waals surface area contributed by atoms with Gasteiger partial charge in [0.2, 0.25) is 0 Å². The number of ether oxygens (including phenoxy) is 1. The molecule has 0 aliphatic carbocycles. The van der Waals surface area contributed by atoms with Crippen molar-refractivity contribution in [2.24, 2.45) is 5.41 Å². The van der Waals surface area contributed by atoms with Crippen LogP contribution in [0.4, 0.5) is 0 Å². The molecule has 1 fully saturated rings. The summed E-state index contributed by atoms with van der Waals surface area (Å²) < 4.78 is 5.83. The van der Waals surface area contributed by atoms with Gasteiger partial charge in [-0.25, -0.2) is 0 Å². The highest BCUT2D eigenvalue weighted by Gasteiger charge is 2.39. The molecule has 1 aliphatic rings. The van der Waals surface area contributed by atoms with E-state index in [1.54, 1.807) is 18.2 Å². The molecule has 3 rings (SSSR count). The fourth-order valence-corrected chi connectivity index (χ4v) is 3.31. The zero-order chi connectivity index (χ0) is 17.0. The van der Waals surface area contributed by atoms with Gasteiger partial charge >= 0.3 is 0 Å². The minimum atomic E-state index is -0.513. The number of halogens is 2. The molecule has 1 unspecified atom stereocenters. The summed E-state index contributed by atoms with van der Waals surface area (Å²) in [6, 6.07) is 17.9. The molecular weight excluding hydrogens is 343 g/mol. The minimum Gasteiger partial charge on any atom is -0.490 e. The predicted octanol–water partition coefficient (Wildman–Crippen LogP) is 4.79. The molecule has 0 radical (unpaired) electrons. The molecule has 124 valence electrons. The van der Waals surface area contributed by atoms with Crippen LogP contribution < -0.4 is 4.74 Å². The van der Waals surface area contributed by atoms with Crippen LogP contribution >= 0.6 is 23.2 Å². The lowest BCUT2D eigenvalue weighted by Gasteiger charge is -2.22. The maximum atomic E-state index is 9.69. The molecule has 5 heteroatoms. The van der Waals surface area contributed by atoms with Gasteiger partial charge in [-0.1, -0.05) is 53.5 Å². The van der Waals surface area contributed by atoms with Crippen molar-refractivity contribution in [2.75, 3.05) is 19.7 Å². The number of nitriles is 1. The Labute approximate surface area is 152 Å². The van der Waals surface area contributed by atoms with Gasteiger partial charge in [0.05, 0.1) is 11.1 Å². The summed E-state index contributed by atoms with van der Waals surface area (Å²) in [4.78, 5) is 2.29. The van der Waals surface area contributed by atoms with Crippen molar-refractivity contribution >= 4 is 23.2 Å². The molecule has 0 bridgehead atoms. The Morgan fingerprint density at radius 1 is 1.17 bits per heavy atom. The van der Waals surface area contributed by atoms with E-state index in [0.717, 1.165) is 19.5 Å². The maximum absolute atomic E-state index is 9.69. The van der Waals surface area contributed by atoms with Crippen molar-refractivity contribution in [3.05, 3.63) is 64.1 Å². The van der Waals surface area contributed by atoms with E-state index in [0.29, 0.717) is 28.9 Å². The van der Waals surface area contributed by atoms with Crippen LogP contribution in [0.25, 0.3) is 0 Å². The number of nitrogens with zero attached hydrogens (tertiary/aromatic N) is 2. The summed E-state index contributed by atoms with van der Waals surface area (Å²) >= 11 is 12.1. The van der Waals surface area contributed by atoms with Crippen LogP contribution in [-0.4, -0.2) is 24.6 Å². The number of hydrogen-bond donors (Lipinski definition) is 0. The molecule has 2 aromatic rings. The van der Waals surface area contributed by atoms with E-state index in [1.807, 2.05) is 18.2 Å². The van der Waals surface area contributed by atoms with Crippen LogP contribution in [0.3, 0.4) is 0 Å². The van der Waals surface area contributed by atoms with Crippen LogP contribution in [0.1, 0.15) is 12.0 Å². The van der Waals surface area contributed by atoms with Crippen molar-refractivity contribution < 1.29 is 4.74 Å². The second-order valence-electron chi connectivity index (χ2n) is 6.20. The smallest absolute Gasteiger partial charge is 0.139 e. The fourth-order valence-electron chi connectivity index (χ4n) is 2.98. The molecule has 1 aliphatic heterocycles. The monoisotopic (exact) mass is 360 g/mol. The van der Waals surface area contributed by atoms with Crippen LogP contribution in [0.5, 0.6) is 5.75 Å². The van der Waals surface area contributed by atoms with E-state index >= 15 is 0 Å². The lowest BCUT2D eigenvalue weighted by molar-refractivity contribution is 0.192. The first kappa shape index (κ1) is 17.1. The van der Waals surface area contributed by atoms with Crippen LogP contribution in [0.2, 0.25) is 10.0 Å². The Morgan fingerprint density at radius 2 is 1.96 bits per heavy atom. The average molecular weight is 361 g/mol. The van der Waals surface area contributed by atoms with Crippen LogP contribution in [0, 0.1) is 16.7 Å². The van der Waals surface area contributed by atoms with Gasteiger partial charge in [-0.2, -0.15) is 5.26 Å². The summed E-state index contributed by atoms with van der Waals surface area (Å²) in [5, 5.41) is 10.8. The van der Waals surface area contributed by atoms with E-state index in [1.165, 1.54) is 5.56 Å². The molecule has 2 aromatic carbocycles. The van der Waals surface area contributed by atoms with Gasteiger partial charge in [0, 0.05) is 30.7 Å². The highest BCUT2D eigenvalue weighted by molar-refractivity contribution is 6.34. The second kappa shape index (κ2) is 7.44. The zero-order valence-electron chi connectivity index (χ0n) is 13.2. The summed E-state index contributed by atoms with van der Waals surface area (Å²) in [6.45, 7) is 2.74. The third-order valence-electron chi connectivity index (χ3n) is 4.32. The zero-order valence-corrected chi connectivity index (χ0v) is 14.7. The first-order valence-corrected chi connectivity index (χ1v) is 8.61. The molecular formula is C19H18Cl2N2O. The van der Waals surface area contributed by atoms with Crippen molar-refractivity contribution in [2.45, 2.75) is 13.0 Å².